The molecule has 1 saturated heterocycles. The van der Waals surface area contributed by atoms with E-state index < -0.39 is 0 Å². The van der Waals surface area contributed by atoms with Gasteiger partial charge in [-0.2, -0.15) is 5.10 Å². The number of anilines is 1. The third kappa shape index (κ3) is 3.74. The fourth-order valence-corrected chi connectivity index (χ4v) is 4.76. The highest BCUT2D eigenvalue weighted by atomic mass is 35.5. The zero-order valence-corrected chi connectivity index (χ0v) is 18.7. The van der Waals surface area contributed by atoms with E-state index in [0.717, 1.165) is 77.2 Å². The van der Waals surface area contributed by atoms with Gasteiger partial charge in [0.1, 0.15) is 5.65 Å². The molecule has 1 fully saturated rings. The fourth-order valence-electron chi connectivity index (χ4n) is 4.50. The van der Waals surface area contributed by atoms with Gasteiger partial charge in [-0.15, -0.1) is 0 Å². The van der Waals surface area contributed by atoms with Crippen molar-refractivity contribution in [2.24, 2.45) is 0 Å². The van der Waals surface area contributed by atoms with E-state index in [-0.39, 0.29) is 0 Å². The van der Waals surface area contributed by atoms with Crippen LogP contribution < -0.4 is 5.73 Å². The summed E-state index contributed by atoms with van der Waals surface area (Å²) < 4.78 is 5.44. The molecule has 1 aliphatic heterocycles. The first-order valence-corrected chi connectivity index (χ1v) is 11.3. The van der Waals surface area contributed by atoms with Crippen molar-refractivity contribution in [3.8, 4) is 22.4 Å². The van der Waals surface area contributed by atoms with Crippen molar-refractivity contribution in [3.63, 3.8) is 0 Å². The number of nitrogens with one attached hydrogen (secondary N) is 2. The van der Waals surface area contributed by atoms with Crippen molar-refractivity contribution >= 4 is 39.4 Å². The lowest BCUT2D eigenvalue weighted by atomic mass is 10.0. The molecule has 5 aromatic rings. The van der Waals surface area contributed by atoms with E-state index in [1.807, 2.05) is 18.2 Å². The first-order valence-electron chi connectivity index (χ1n) is 11.0. The molecule has 0 unspecified atom stereocenters. The molecule has 0 spiro atoms. The highest BCUT2D eigenvalue weighted by Crippen LogP contribution is 2.36. The Morgan fingerprint density at radius 1 is 1.00 bits per heavy atom. The number of nitrogen functional groups attached to an aromatic ring is 1. The van der Waals surface area contributed by atoms with E-state index in [1.54, 1.807) is 6.20 Å². The lowest BCUT2D eigenvalue weighted by Crippen LogP contribution is -2.35. The van der Waals surface area contributed by atoms with Crippen molar-refractivity contribution in [1.82, 2.24) is 25.1 Å². The van der Waals surface area contributed by atoms with Crippen molar-refractivity contribution in [2.45, 2.75) is 6.54 Å². The van der Waals surface area contributed by atoms with Crippen LogP contribution in [0.5, 0.6) is 0 Å². The van der Waals surface area contributed by atoms with Gasteiger partial charge in [0, 0.05) is 42.3 Å². The predicted molar refractivity (Wildman–Crippen MR) is 132 cm³/mol. The summed E-state index contributed by atoms with van der Waals surface area (Å²) >= 11 is 6.50. The Morgan fingerprint density at radius 3 is 2.64 bits per heavy atom. The van der Waals surface area contributed by atoms with Gasteiger partial charge in [0.2, 0.25) is 0 Å². The molecular weight excluding hydrogens is 436 g/mol. The maximum atomic E-state index is 6.50. The van der Waals surface area contributed by atoms with E-state index in [2.05, 4.69) is 55.4 Å². The molecule has 166 valence electrons. The SMILES string of the molecule is Nc1n[nH]c2c(Cl)cc(-c3ccnc4[nH]c(-c5ccc(CN6CCOCC6)cc5)cc34)cc12. The lowest BCUT2D eigenvalue weighted by Gasteiger charge is -2.26. The Bertz CT molecular complexity index is 1450. The largest absolute Gasteiger partial charge is 0.382 e. The number of halogens is 1. The second-order valence-corrected chi connectivity index (χ2v) is 8.79. The van der Waals surface area contributed by atoms with E-state index in [9.17, 15) is 0 Å². The van der Waals surface area contributed by atoms with Crippen LogP contribution in [0.3, 0.4) is 0 Å². The van der Waals surface area contributed by atoms with Crippen molar-refractivity contribution in [3.05, 3.63) is 65.3 Å². The third-order valence-electron chi connectivity index (χ3n) is 6.27. The van der Waals surface area contributed by atoms with Crippen LogP contribution in [0.1, 0.15) is 5.56 Å². The van der Waals surface area contributed by atoms with Gasteiger partial charge in [0.15, 0.2) is 5.82 Å². The Kier molecular flexibility index (Phi) is 5.02. The molecule has 0 bridgehead atoms. The summed E-state index contributed by atoms with van der Waals surface area (Å²) in [5.74, 6) is 0.436. The third-order valence-corrected chi connectivity index (χ3v) is 6.57. The Hall–Kier alpha value is -3.39. The van der Waals surface area contributed by atoms with Gasteiger partial charge < -0.3 is 15.5 Å². The molecule has 4 N–H and O–H groups in total. The molecule has 33 heavy (non-hydrogen) atoms. The van der Waals surface area contributed by atoms with Gasteiger partial charge in [-0.25, -0.2) is 4.98 Å². The molecule has 2 aromatic carbocycles. The van der Waals surface area contributed by atoms with Crippen LogP contribution in [0, 0.1) is 0 Å². The van der Waals surface area contributed by atoms with Gasteiger partial charge >= 0.3 is 0 Å². The second kappa shape index (κ2) is 8.19. The molecule has 0 saturated carbocycles. The summed E-state index contributed by atoms with van der Waals surface area (Å²) in [4.78, 5) is 10.4. The minimum atomic E-state index is 0.436. The molecule has 1 aliphatic rings. The Labute approximate surface area is 195 Å². The maximum Gasteiger partial charge on any atom is 0.153 e. The number of benzene rings is 2. The topological polar surface area (TPSA) is 95.8 Å². The molecule has 6 rings (SSSR count). The minimum absolute atomic E-state index is 0.436. The lowest BCUT2D eigenvalue weighted by molar-refractivity contribution is 0.0342. The van der Waals surface area contributed by atoms with Gasteiger partial charge in [-0.3, -0.25) is 10.00 Å². The van der Waals surface area contributed by atoms with Crippen LogP contribution in [0.4, 0.5) is 5.82 Å². The molecule has 8 heteroatoms. The molecule has 0 amide bonds. The summed E-state index contributed by atoms with van der Waals surface area (Å²) in [7, 11) is 0. The molecule has 4 heterocycles. The van der Waals surface area contributed by atoms with Gasteiger partial charge in [0.05, 0.1) is 23.8 Å². The number of pyridine rings is 1. The van der Waals surface area contributed by atoms with E-state index in [4.69, 9.17) is 22.1 Å². The Morgan fingerprint density at radius 2 is 1.82 bits per heavy atom. The van der Waals surface area contributed by atoms with Crippen LogP contribution in [0.25, 0.3) is 44.3 Å². The smallest absolute Gasteiger partial charge is 0.153 e. The maximum absolute atomic E-state index is 6.50. The molecule has 0 radical (unpaired) electrons. The number of fused-ring (bicyclic) bond motifs is 2. The van der Waals surface area contributed by atoms with E-state index >= 15 is 0 Å². The average Bonchev–Trinajstić information content (AvgIpc) is 3.44. The number of hydrogen-bond acceptors (Lipinski definition) is 5. The monoisotopic (exact) mass is 458 g/mol. The first kappa shape index (κ1) is 20.2. The number of nitrogens with zero attached hydrogens (tertiary/aromatic N) is 3. The van der Waals surface area contributed by atoms with Crippen molar-refractivity contribution in [2.75, 3.05) is 32.0 Å². The number of H-pyrrole nitrogens is 2. The highest BCUT2D eigenvalue weighted by molar-refractivity contribution is 6.35. The number of nitrogens with two attached hydrogens (primary N) is 1. The van der Waals surface area contributed by atoms with Crippen molar-refractivity contribution < 1.29 is 4.74 Å². The Balaban J connectivity index is 1.34. The molecule has 0 aliphatic carbocycles. The number of rotatable bonds is 4. The minimum Gasteiger partial charge on any atom is -0.382 e. The van der Waals surface area contributed by atoms with Crippen LogP contribution in [-0.4, -0.2) is 51.4 Å². The van der Waals surface area contributed by atoms with Gasteiger partial charge in [-0.05, 0) is 46.5 Å². The van der Waals surface area contributed by atoms with Gasteiger partial charge in [-0.1, -0.05) is 35.9 Å². The van der Waals surface area contributed by atoms with Crippen LogP contribution in [0.2, 0.25) is 5.02 Å². The molecule has 0 atom stereocenters. The average molecular weight is 459 g/mol. The summed E-state index contributed by atoms with van der Waals surface area (Å²) in [5, 5.41) is 9.41. The fraction of sp³-hybridized carbons (Fsp3) is 0.200. The number of hydrogen-bond donors (Lipinski definition) is 3. The van der Waals surface area contributed by atoms with Crippen LogP contribution >= 0.6 is 11.6 Å². The second-order valence-electron chi connectivity index (χ2n) is 8.38. The van der Waals surface area contributed by atoms with Crippen molar-refractivity contribution in [1.29, 1.82) is 0 Å². The number of morpholine rings is 1. The van der Waals surface area contributed by atoms with E-state index in [1.165, 1.54) is 5.56 Å². The highest BCUT2D eigenvalue weighted by Gasteiger charge is 2.15. The number of aromatic amines is 2. The standard InChI is InChI=1S/C25H23ClN6O/c26-21-12-17(11-20-23(21)30-31-24(20)27)18-5-6-28-25-19(18)13-22(29-25)16-3-1-15(2-4-16)14-32-7-9-33-10-8-32/h1-6,11-13H,7-10,14H2,(H,28,29)(H3,27,30,31). The number of ether oxygens (including phenoxy) is 1. The predicted octanol–water partition coefficient (Wildman–Crippen LogP) is 4.84. The summed E-state index contributed by atoms with van der Waals surface area (Å²) in [5.41, 5.74) is 13.1. The molecule has 7 nitrogen and oxygen atoms in total. The van der Waals surface area contributed by atoms with Crippen LogP contribution in [-0.2, 0) is 11.3 Å². The quantitative estimate of drug-likeness (QED) is 0.358. The molecule has 3 aromatic heterocycles. The number of aromatic nitrogens is 4. The normalized spacial score (nSPS) is 14.9. The van der Waals surface area contributed by atoms with E-state index in [0.29, 0.717) is 10.8 Å². The summed E-state index contributed by atoms with van der Waals surface area (Å²) in [6.45, 7) is 4.54. The van der Waals surface area contributed by atoms with Gasteiger partial charge in [0.25, 0.3) is 0 Å². The summed E-state index contributed by atoms with van der Waals surface area (Å²) in [6, 6.07) is 16.8. The first-order chi connectivity index (χ1) is 16.2. The molecular formula is C25H23ClN6O. The zero-order chi connectivity index (χ0) is 22.4. The summed E-state index contributed by atoms with van der Waals surface area (Å²) in [6.07, 6.45) is 1.81. The zero-order valence-electron chi connectivity index (χ0n) is 17.9. The van der Waals surface area contributed by atoms with Crippen LogP contribution in [0.15, 0.2) is 54.7 Å².